The van der Waals surface area contributed by atoms with Gasteiger partial charge in [0, 0.05) is 16.5 Å². The van der Waals surface area contributed by atoms with Gasteiger partial charge < -0.3 is 21.7 Å². The van der Waals surface area contributed by atoms with E-state index >= 15 is 0 Å². The maximum absolute atomic E-state index is 8.78. The summed E-state index contributed by atoms with van der Waals surface area (Å²) in [5.41, 5.74) is 8.06. The molecule has 0 aromatic carbocycles. The first-order valence-corrected chi connectivity index (χ1v) is 1.43. The molecule has 0 unspecified atom stereocenters. The van der Waals surface area contributed by atoms with E-state index < -0.39 is 12.2 Å². The number of amides is 2. The van der Waals surface area contributed by atoms with Gasteiger partial charge in [0.2, 0.25) is 0 Å². The van der Waals surface area contributed by atoms with Crippen molar-refractivity contribution in [2.24, 2.45) is 11.5 Å². The summed E-state index contributed by atoms with van der Waals surface area (Å²) in [6.07, 6.45) is -2.67. The predicted octanol–water partition coefficient (Wildman–Crippen LogP) is -0.756. The number of rotatable bonds is 0. The van der Waals surface area contributed by atoms with E-state index in [0.717, 1.165) is 0 Å². The fraction of sp³-hybridized carbons (Fsp3) is 0. The van der Waals surface area contributed by atoms with Crippen LogP contribution in [0.3, 0.4) is 0 Å². The Morgan fingerprint density at radius 3 is 1.00 bits per heavy atom. The number of nitrogens with two attached hydrogens (primary N) is 2. The van der Waals surface area contributed by atoms with E-state index in [4.69, 9.17) is 19.8 Å². The molecule has 6 nitrogen and oxygen atoms in total. The van der Waals surface area contributed by atoms with Crippen LogP contribution in [0.4, 0.5) is 9.59 Å². The van der Waals surface area contributed by atoms with Crippen LogP contribution in [0.1, 0.15) is 0 Å². The molecule has 0 saturated carbocycles. The van der Waals surface area contributed by atoms with Crippen LogP contribution in [0.25, 0.3) is 0 Å². The van der Waals surface area contributed by atoms with Crippen molar-refractivity contribution in [2.75, 3.05) is 0 Å². The zero-order valence-corrected chi connectivity index (χ0v) is 5.17. The second-order valence-corrected chi connectivity index (χ2v) is 0.676. The molecule has 9 heavy (non-hydrogen) atoms. The first kappa shape index (κ1) is 15.7. The van der Waals surface area contributed by atoms with Gasteiger partial charge >= 0.3 is 12.2 Å². The monoisotopic (exact) mass is 180 g/mol. The van der Waals surface area contributed by atoms with Gasteiger partial charge in [-0.1, -0.05) is 0 Å². The molecular weight excluding hydrogens is 175 g/mol. The van der Waals surface area contributed by atoms with Gasteiger partial charge in [-0.3, -0.25) is 0 Å². The number of carboxylic acid groups (broad SMARTS) is 2. The Morgan fingerprint density at radius 2 is 1.00 bits per heavy atom. The Labute approximate surface area is 60.7 Å². The summed E-state index contributed by atoms with van der Waals surface area (Å²) in [6.45, 7) is 0. The molecule has 7 heteroatoms. The first-order valence-electron chi connectivity index (χ1n) is 1.43. The van der Waals surface area contributed by atoms with Gasteiger partial charge in [-0.25, -0.2) is 9.59 Å². The van der Waals surface area contributed by atoms with Crippen molar-refractivity contribution >= 4 is 12.2 Å². The van der Waals surface area contributed by atoms with Crippen molar-refractivity contribution in [3.05, 3.63) is 0 Å². The van der Waals surface area contributed by atoms with Crippen LogP contribution in [-0.4, -0.2) is 22.4 Å². The van der Waals surface area contributed by atoms with Gasteiger partial charge in [-0.05, 0) is 0 Å². The molecule has 58 valence electrons. The van der Waals surface area contributed by atoms with E-state index in [1.54, 1.807) is 0 Å². The van der Waals surface area contributed by atoms with Crippen LogP contribution >= 0.6 is 0 Å². The van der Waals surface area contributed by atoms with Crippen molar-refractivity contribution in [3.63, 3.8) is 0 Å². The third kappa shape index (κ3) is 191. The SMILES string of the molecule is NC(=O)O.NC(=O)O.[Ni]. The van der Waals surface area contributed by atoms with Crippen molar-refractivity contribution in [2.45, 2.75) is 0 Å². The van der Waals surface area contributed by atoms with E-state index in [0.29, 0.717) is 0 Å². The summed E-state index contributed by atoms with van der Waals surface area (Å²) in [6, 6.07) is 0. The molecule has 0 fully saturated rings. The third-order valence-corrected chi connectivity index (χ3v) is 0. The maximum atomic E-state index is 8.78. The van der Waals surface area contributed by atoms with Gasteiger partial charge in [0.1, 0.15) is 0 Å². The summed E-state index contributed by atoms with van der Waals surface area (Å²) in [4.78, 5) is 17.6. The summed E-state index contributed by atoms with van der Waals surface area (Å²) in [7, 11) is 0. The minimum atomic E-state index is -1.33. The molecule has 0 rings (SSSR count). The van der Waals surface area contributed by atoms with Gasteiger partial charge in [0.05, 0.1) is 0 Å². The van der Waals surface area contributed by atoms with Gasteiger partial charge in [-0.15, -0.1) is 0 Å². The standard InChI is InChI=1S/2CH3NO2.Ni/c2*2-1(3)4;/h2*2H2,(H,3,4);. The molecule has 0 aromatic rings. The van der Waals surface area contributed by atoms with Crippen LogP contribution in [0.2, 0.25) is 0 Å². The molecule has 0 atom stereocenters. The Balaban J connectivity index is -0.0000000720. The van der Waals surface area contributed by atoms with Crippen LogP contribution < -0.4 is 11.5 Å². The summed E-state index contributed by atoms with van der Waals surface area (Å²) in [5, 5.41) is 14.4. The molecule has 0 aliphatic carbocycles. The normalized spacial score (nSPS) is 5.33. The fourth-order valence-electron chi connectivity index (χ4n) is 0. The molecule has 0 aromatic heterocycles. The molecule has 2 amide bonds. The molecule has 0 radical (unpaired) electrons. The summed E-state index contributed by atoms with van der Waals surface area (Å²) < 4.78 is 0. The third-order valence-electron chi connectivity index (χ3n) is 0. The Hall–Kier alpha value is -0.966. The Kier molecular flexibility index (Phi) is 17.6. The predicted molar refractivity (Wildman–Crippen MR) is 24.4 cm³/mol. The van der Waals surface area contributed by atoms with Gasteiger partial charge in [0.25, 0.3) is 0 Å². The topological polar surface area (TPSA) is 127 Å². The average molecular weight is 181 g/mol. The molecule has 6 N–H and O–H groups in total. The number of hydrogen-bond acceptors (Lipinski definition) is 2. The second kappa shape index (κ2) is 10.1. The number of carbonyl (C=O) groups is 2. The number of hydrogen-bond donors (Lipinski definition) is 4. The fourth-order valence-corrected chi connectivity index (χ4v) is 0. The quantitative estimate of drug-likeness (QED) is 0.366. The molecule has 0 aliphatic heterocycles. The van der Waals surface area contributed by atoms with Crippen LogP contribution in [0, 0.1) is 0 Å². The van der Waals surface area contributed by atoms with Crippen molar-refractivity contribution in [1.82, 2.24) is 0 Å². The molecule has 0 spiro atoms. The largest absolute Gasteiger partial charge is 0.465 e. The van der Waals surface area contributed by atoms with E-state index in [1.807, 2.05) is 0 Å². The Bertz CT molecular complexity index is 74.6. The van der Waals surface area contributed by atoms with E-state index in [2.05, 4.69) is 11.5 Å². The van der Waals surface area contributed by atoms with Crippen LogP contribution in [-0.2, 0) is 16.5 Å². The zero-order chi connectivity index (χ0) is 7.15. The van der Waals surface area contributed by atoms with Crippen molar-refractivity contribution < 1.29 is 36.3 Å². The van der Waals surface area contributed by atoms with E-state index in [9.17, 15) is 0 Å². The summed E-state index contributed by atoms with van der Waals surface area (Å²) >= 11 is 0. The maximum Gasteiger partial charge on any atom is 0.402 e. The second-order valence-electron chi connectivity index (χ2n) is 0.676. The van der Waals surface area contributed by atoms with Gasteiger partial charge in [-0.2, -0.15) is 0 Å². The van der Waals surface area contributed by atoms with Crippen LogP contribution in [0.5, 0.6) is 0 Å². The average Bonchev–Trinajstić information content (AvgIpc) is 1.25. The zero-order valence-electron chi connectivity index (χ0n) is 4.18. The minimum Gasteiger partial charge on any atom is -0.465 e. The molecule has 0 bridgehead atoms. The van der Waals surface area contributed by atoms with Crippen molar-refractivity contribution in [1.29, 1.82) is 0 Å². The minimum absolute atomic E-state index is 0. The summed E-state index contributed by atoms with van der Waals surface area (Å²) in [5.74, 6) is 0. The molecule has 0 aliphatic rings. The molecular formula is C2H6N2NiO4. The smallest absolute Gasteiger partial charge is 0.402 e. The molecule has 0 saturated heterocycles. The first-order chi connectivity index (χ1) is 3.46. The van der Waals surface area contributed by atoms with Gasteiger partial charge in [0.15, 0.2) is 0 Å². The van der Waals surface area contributed by atoms with Crippen molar-refractivity contribution in [3.8, 4) is 0 Å². The van der Waals surface area contributed by atoms with E-state index in [1.165, 1.54) is 0 Å². The number of primary amides is 2. The Morgan fingerprint density at radius 1 is 1.00 bits per heavy atom. The van der Waals surface area contributed by atoms with E-state index in [-0.39, 0.29) is 16.5 Å². The molecule has 0 heterocycles. The van der Waals surface area contributed by atoms with Crippen LogP contribution in [0.15, 0.2) is 0 Å².